The molecule has 0 atom stereocenters. The van der Waals surface area contributed by atoms with Gasteiger partial charge in [-0.05, 0) is 19.8 Å². The molecule has 14 heavy (non-hydrogen) atoms. The maximum atomic E-state index is 11.7. The number of ketones is 1. The molecule has 80 valence electrons. The Balaban J connectivity index is 2.43. The van der Waals surface area contributed by atoms with Crippen LogP contribution in [0.3, 0.4) is 0 Å². The lowest BCUT2D eigenvalue weighted by molar-refractivity contribution is -0.133. The van der Waals surface area contributed by atoms with Crippen LogP contribution < -0.4 is 0 Å². The van der Waals surface area contributed by atoms with Gasteiger partial charge >= 0.3 is 0 Å². The second-order valence-corrected chi connectivity index (χ2v) is 4.97. The first-order chi connectivity index (χ1) is 6.56. The highest BCUT2D eigenvalue weighted by atomic mass is 16.1. The monoisotopic (exact) mass is 196 g/mol. The van der Waals surface area contributed by atoms with Crippen LogP contribution in [0, 0.1) is 11.3 Å². The van der Waals surface area contributed by atoms with Crippen LogP contribution in [0.2, 0.25) is 0 Å². The summed E-state index contributed by atoms with van der Waals surface area (Å²) in [7, 11) is 0. The number of aldehydes is 1. The number of rotatable bonds is 4. The summed E-state index contributed by atoms with van der Waals surface area (Å²) in [5.41, 5.74) is -0.766. The summed E-state index contributed by atoms with van der Waals surface area (Å²) in [5, 5.41) is 0. The number of Topliss-reactive ketones (excluding diaryl/α,β-unsaturated/α-hetero) is 1. The van der Waals surface area contributed by atoms with Crippen molar-refractivity contribution in [3.8, 4) is 0 Å². The molecule has 0 heterocycles. The molecule has 2 heteroatoms. The van der Waals surface area contributed by atoms with Crippen LogP contribution in [0.15, 0.2) is 0 Å². The predicted molar refractivity (Wildman–Crippen MR) is 56.0 cm³/mol. The van der Waals surface area contributed by atoms with E-state index in [-0.39, 0.29) is 5.78 Å². The molecule has 0 N–H and O–H groups in total. The van der Waals surface area contributed by atoms with Gasteiger partial charge in [0.25, 0.3) is 0 Å². The van der Waals surface area contributed by atoms with Gasteiger partial charge in [0.2, 0.25) is 0 Å². The molecule has 0 unspecified atom stereocenters. The van der Waals surface area contributed by atoms with E-state index in [2.05, 4.69) is 0 Å². The maximum Gasteiger partial charge on any atom is 0.145 e. The molecule has 0 aromatic rings. The summed E-state index contributed by atoms with van der Waals surface area (Å²) in [6.45, 7) is 3.43. The van der Waals surface area contributed by atoms with E-state index in [0.29, 0.717) is 12.3 Å². The molecule has 0 radical (unpaired) electrons. The maximum absolute atomic E-state index is 11.7. The Labute approximate surface area is 86.1 Å². The van der Waals surface area contributed by atoms with Crippen LogP contribution in [0.1, 0.15) is 52.4 Å². The van der Waals surface area contributed by atoms with Crippen molar-refractivity contribution in [1.29, 1.82) is 0 Å². The first-order valence-electron chi connectivity index (χ1n) is 5.56. The number of hydrogen-bond acceptors (Lipinski definition) is 2. The zero-order valence-corrected chi connectivity index (χ0v) is 9.21. The van der Waals surface area contributed by atoms with Gasteiger partial charge < -0.3 is 4.79 Å². The molecule has 0 amide bonds. The van der Waals surface area contributed by atoms with E-state index in [0.717, 1.165) is 6.29 Å². The minimum Gasteiger partial charge on any atom is -0.302 e. The van der Waals surface area contributed by atoms with E-state index in [1.54, 1.807) is 13.8 Å². The van der Waals surface area contributed by atoms with Crippen LogP contribution in [-0.4, -0.2) is 12.1 Å². The van der Waals surface area contributed by atoms with Crippen LogP contribution in [0.25, 0.3) is 0 Å². The molecule has 0 aromatic carbocycles. The van der Waals surface area contributed by atoms with Crippen LogP contribution in [0.4, 0.5) is 0 Å². The van der Waals surface area contributed by atoms with E-state index in [1.165, 1.54) is 32.1 Å². The highest BCUT2D eigenvalue weighted by Crippen LogP contribution is 2.29. The molecule has 0 saturated heterocycles. The summed E-state index contributed by atoms with van der Waals surface area (Å²) in [5.74, 6) is 0.648. The molecule has 1 aliphatic carbocycles. The summed E-state index contributed by atoms with van der Waals surface area (Å²) >= 11 is 0. The second kappa shape index (κ2) is 4.72. The number of carbonyl (C=O) groups is 2. The molecule has 0 aliphatic heterocycles. The summed E-state index contributed by atoms with van der Waals surface area (Å²) < 4.78 is 0. The highest BCUT2D eigenvalue weighted by Gasteiger charge is 2.29. The number of hydrogen-bond donors (Lipinski definition) is 0. The van der Waals surface area contributed by atoms with E-state index in [1.807, 2.05) is 0 Å². The molecule has 0 spiro atoms. The van der Waals surface area contributed by atoms with Gasteiger partial charge in [-0.15, -0.1) is 0 Å². The minimum atomic E-state index is -0.766. The average molecular weight is 196 g/mol. The largest absolute Gasteiger partial charge is 0.302 e. The summed E-state index contributed by atoms with van der Waals surface area (Å²) in [6.07, 6.45) is 7.52. The van der Waals surface area contributed by atoms with Gasteiger partial charge in [-0.3, -0.25) is 4.79 Å². The Morgan fingerprint density at radius 1 is 1.29 bits per heavy atom. The quantitative estimate of drug-likeness (QED) is 0.512. The van der Waals surface area contributed by atoms with Crippen molar-refractivity contribution in [2.24, 2.45) is 11.3 Å². The van der Waals surface area contributed by atoms with E-state index >= 15 is 0 Å². The van der Waals surface area contributed by atoms with Crippen LogP contribution >= 0.6 is 0 Å². The zero-order chi connectivity index (χ0) is 10.6. The van der Waals surface area contributed by atoms with Crippen molar-refractivity contribution >= 4 is 12.1 Å². The lowest BCUT2D eigenvalue weighted by Crippen LogP contribution is -2.28. The van der Waals surface area contributed by atoms with Crippen molar-refractivity contribution in [2.45, 2.75) is 52.4 Å². The van der Waals surface area contributed by atoms with Gasteiger partial charge in [-0.25, -0.2) is 0 Å². The summed E-state index contributed by atoms with van der Waals surface area (Å²) in [6, 6.07) is 0. The fraction of sp³-hybridized carbons (Fsp3) is 0.833. The van der Waals surface area contributed by atoms with E-state index in [9.17, 15) is 9.59 Å². The second-order valence-electron chi connectivity index (χ2n) is 4.97. The van der Waals surface area contributed by atoms with Crippen molar-refractivity contribution in [1.82, 2.24) is 0 Å². The molecule has 0 bridgehead atoms. The molecular weight excluding hydrogens is 176 g/mol. The van der Waals surface area contributed by atoms with Gasteiger partial charge in [0.1, 0.15) is 12.1 Å². The van der Waals surface area contributed by atoms with Crippen molar-refractivity contribution in [2.75, 3.05) is 0 Å². The van der Waals surface area contributed by atoms with Crippen molar-refractivity contribution in [3.63, 3.8) is 0 Å². The fourth-order valence-corrected chi connectivity index (χ4v) is 1.98. The molecule has 1 rings (SSSR count). The Hall–Kier alpha value is -0.660. The standard InChI is InChI=1S/C12H20O2/c1-12(2,9-13)11(14)8-10-6-4-3-5-7-10/h9-10H,3-8H2,1-2H3. The third-order valence-electron chi connectivity index (χ3n) is 3.21. The first-order valence-corrected chi connectivity index (χ1v) is 5.56. The Morgan fingerprint density at radius 3 is 2.36 bits per heavy atom. The SMILES string of the molecule is CC(C)(C=O)C(=O)CC1CCCCC1. The fourth-order valence-electron chi connectivity index (χ4n) is 1.98. The number of carbonyl (C=O) groups excluding carboxylic acids is 2. The predicted octanol–water partition coefficient (Wildman–Crippen LogP) is 2.75. The molecule has 2 nitrogen and oxygen atoms in total. The Bertz CT molecular complexity index is 212. The summed E-state index contributed by atoms with van der Waals surface area (Å²) in [4.78, 5) is 22.4. The first kappa shape index (κ1) is 11.4. The van der Waals surface area contributed by atoms with Gasteiger partial charge in [-0.2, -0.15) is 0 Å². The van der Waals surface area contributed by atoms with Gasteiger partial charge in [0.05, 0.1) is 5.41 Å². The lowest BCUT2D eigenvalue weighted by Gasteiger charge is -2.24. The van der Waals surface area contributed by atoms with Gasteiger partial charge in [-0.1, -0.05) is 32.1 Å². The lowest BCUT2D eigenvalue weighted by atomic mass is 9.79. The smallest absolute Gasteiger partial charge is 0.145 e. The van der Waals surface area contributed by atoms with Crippen molar-refractivity contribution in [3.05, 3.63) is 0 Å². The topological polar surface area (TPSA) is 34.1 Å². The molecule has 0 aromatic heterocycles. The van der Waals surface area contributed by atoms with E-state index < -0.39 is 5.41 Å². The molecule has 1 fully saturated rings. The average Bonchev–Trinajstić information content (AvgIpc) is 2.19. The zero-order valence-electron chi connectivity index (χ0n) is 9.21. The Morgan fingerprint density at radius 2 is 1.86 bits per heavy atom. The van der Waals surface area contributed by atoms with E-state index in [4.69, 9.17) is 0 Å². The molecular formula is C12H20O2. The van der Waals surface area contributed by atoms with Gasteiger partial charge in [0.15, 0.2) is 0 Å². The third-order valence-corrected chi connectivity index (χ3v) is 3.21. The minimum absolute atomic E-state index is 0.111. The molecule has 1 aliphatic rings. The van der Waals surface area contributed by atoms with Crippen molar-refractivity contribution < 1.29 is 9.59 Å². The van der Waals surface area contributed by atoms with Crippen LogP contribution in [0.5, 0.6) is 0 Å². The third kappa shape index (κ3) is 2.93. The normalized spacial score (nSPS) is 19.3. The van der Waals surface area contributed by atoms with Gasteiger partial charge in [0, 0.05) is 6.42 Å². The Kier molecular flexibility index (Phi) is 3.85. The van der Waals surface area contributed by atoms with Crippen LogP contribution in [-0.2, 0) is 9.59 Å². The molecule has 1 saturated carbocycles. The highest BCUT2D eigenvalue weighted by molar-refractivity contribution is 5.97.